The van der Waals surface area contributed by atoms with Gasteiger partial charge in [0, 0.05) is 25.9 Å². The first-order valence-electron chi connectivity index (χ1n) is 7.88. The van der Waals surface area contributed by atoms with E-state index in [-0.39, 0.29) is 18.1 Å². The number of nitrogens with zero attached hydrogens (tertiary/aromatic N) is 2. The monoisotopic (exact) mass is 289 g/mol. The Morgan fingerprint density at radius 3 is 2.95 bits per heavy atom. The van der Waals surface area contributed by atoms with Gasteiger partial charge in [0.05, 0.1) is 17.7 Å². The van der Waals surface area contributed by atoms with E-state index in [4.69, 9.17) is 4.74 Å². The number of hydrogen-bond donors (Lipinski definition) is 1. The lowest BCUT2D eigenvalue weighted by Crippen LogP contribution is -2.41. The summed E-state index contributed by atoms with van der Waals surface area (Å²) in [6.45, 7) is 4.79. The Balaban J connectivity index is 1.71. The topological polar surface area (TPSA) is 54.5 Å². The molecule has 0 aliphatic carbocycles. The summed E-state index contributed by atoms with van der Waals surface area (Å²) in [4.78, 5) is 19.2. The fraction of sp³-hybridized carbons (Fsp3) is 0.625. The van der Waals surface area contributed by atoms with Crippen molar-refractivity contribution >= 4 is 11.7 Å². The van der Waals surface area contributed by atoms with E-state index < -0.39 is 0 Å². The summed E-state index contributed by atoms with van der Waals surface area (Å²) in [6, 6.07) is 3.72. The Bertz CT molecular complexity index is 494. The smallest absolute Gasteiger partial charge is 0.255 e. The van der Waals surface area contributed by atoms with Crippen molar-refractivity contribution in [2.24, 2.45) is 0 Å². The number of pyridine rings is 1. The molecule has 5 nitrogen and oxygen atoms in total. The van der Waals surface area contributed by atoms with Gasteiger partial charge >= 0.3 is 0 Å². The molecule has 0 radical (unpaired) electrons. The fourth-order valence-corrected chi connectivity index (χ4v) is 3.13. The van der Waals surface area contributed by atoms with Crippen molar-refractivity contribution < 1.29 is 9.53 Å². The van der Waals surface area contributed by atoms with Gasteiger partial charge in [-0.2, -0.15) is 0 Å². The van der Waals surface area contributed by atoms with Crippen molar-refractivity contribution in [1.82, 2.24) is 10.3 Å². The molecular weight excluding hydrogens is 266 g/mol. The van der Waals surface area contributed by atoms with Crippen LogP contribution in [0.25, 0.3) is 0 Å². The highest BCUT2D eigenvalue weighted by molar-refractivity contribution is 5.99. The Labute approximate surface area is 125 Å². The summed E-state index contributed by atoms with van der Waals surface area (Å²) in [5.74, 6) is 0.764. The minimum atomic E-state index is -0.0481. The maximum absolute atomic E-state index is 12.6. The predicted octanol–water partition coefficient (Wildman–Crippen LogP) is 1.98. The van der Waals surface area contributed by atoms with Crippen molar-refractivity contribution in [3.8, 4) is 0 Å². The molecule has 1 N–H and O–H groups in total. The average Bonchev–Trinajstić information content (AvgIpc) is 3.20. The van der Waals surface area contributed by atoms with E-state index in [1.165, 1.54) is 12.8 Å². The lowest BCUT2D eigenvalue weighted by molar-refractivity contribution is 0.0712. The molecule has 1 aromatic rings. The van der Waals surface area contributed by atoms with Gasteiger partial charge < -0.3 is 15.0 Å². The van der Waals surface area contributed by atoms with Crippen LogP contribution in [0.2, 0.25) is 0 Å². The number of ether oxygens (including phenoxy) is 1. The molecule has 5 heteroatoms. The second-order valence-corrected chi connectivity index (χ2v) is 5.88. The molecule has 21 heavy (non-hydrogen) atoms. The molecule has 2 aliphatic heterocycles. The van der Waals surface area contributed by atoms with Crippen molar-refractivity contribution in [2.45, 2.75) is 44.8 Å². The highest BCUT2D eigenvalue weighted by Crippen LogP contribution is 2.22. The van der Waals surface area contributed by atoms with E-state index in [9.17, 15) is 4.79 Å². The van der Waals surface area contributed by atoms with Crippen molar-refractivity contribution in [1.29, 1.82) is 0 Å². The SMILES string of the molecule is C[C@H](NC(=O)c1cccnc1N1CCCC1)[C@@H]1CCCO1. The van der Waals surface area contributed by atoms with Gasteiger partial charge in [0.2, 0.25) is 0 Å². The van der Waals surface area contributed by atoms with Crippen LogP contribution in [0.15, 0.2) is 18.3 Å². The van der Waals surface area contributed by atoms with E-state index in [0.29, 0.717) is 5.56 Å². The Morgan fingerprint density at radius 2 is 2.24 bits per heavy atom. The number of hydrogen-bond acceptors (Lipinski definition) is 4. The van der Waals surface area contributed by atoms with Crippen LogP contribution in [0.3, 0.4) is 0 Å². The molecule has 0 aromatic carbocycles. The number of rotatable bonds is 4. The number of nitrogens with one attached hydrogen (secondary N) is 1. The van der Waals surface area contributed by atoms with Crippen LogP contribution in [0, 0.1) is 0 Å². The minimum Gasteiger partial charge on any atom is -0.376 e. The molecule has 2 saturated heterocycles. The molecule has 0 bridgehead atoms. The number of anilines is 1. The summed E-state index contributed by atoms with van der Waals surface area (Å²) in [5.41, 5.74) is 0.671. The van der Waals surface area contributed by atoms with E-state index in [1.54, 1.807) is 6.20 Å². The first-order chi connectivity index (χ1) is 10.3. The number of amides is 1. The van der Waals surface area contributed by atoms with Gasteiger partial charge in [0.1, 0.15) is 5.82 Å². The minimum absolute atomic E-state index is 0.0339. The van der Waals surface area contributed by atoms with Gasteiger partial charge in [0.15, 0.2) is 0 Å². The van der Waals surface area contributed by atoms with Crippen LogP contribution in [-0.2, 0) is 4.74 Å². The van der Waals surface area contributed by atoms with E-state index in [0.717, 1.165) is 38.4 Å². The molecule has 0 saturated carbocycles. The summed E-state index contributed by atoms with van der Waals surface area (Å²) < 4.78 is 5.64. The van der Waals surface area contributed by atoms with Crippen molar-refractivity contribution in [3.63, 3.8) is 0 Å². The van der Waals surface area contributed by atoms with E-state index in [1.807, 2.05) is 19.1 Å². The molecule has 114 valence electrons. The summed E-state index contributed by atoms with van der Waals surface area (Å²) in [6.07, 6.45) is 6.34. The van der Waals surface area contributed by atoms with Gasteiger partial charge in [-0.3, -0.25) is 4.79 Å². The average molecular weight is 289 g/mol. The maximum Gasteiger partial charge on any atom is 0.255 e. The highest BCUT2D eigenvalue weighted by atomic mass is 16.5. The third-order valence-corrected chi connectivity index (χ3v) is 4.32. The quantitative estimate of drug-likeness (QED) is 0.921. The van der Waals surface area contributed by atoms with Crippen LogP contribution in [0.1, 0.15) is 43.0 Å². The van der Waals surface area contributed by atoms with Crippen LogP contribution >= 0.6 is 0 Å². The lowest BCUT2D eigenvalue weighted by atomic mass is 10.1. The lowest BCUT2D eigenvalue weighted by Gasteiger charge is -2.23. The summed E-state index contributed by atoms with van der Waals surface area (Å²) in [7, 11) is 0. The van der Waals surface area contributed by atoms with Gasteiger partial charge in [-0.25, -0.2) is 4.98 Å². The Kier molecular flexibility index (Phi) is 4.39. The molecule has 0 spiro atoms. The van der Waals surface area contributed by atoms with Gasteiger partial charge in [-0.1, -0.05) is 0 Å². The van der Waals surface area contributed by atoms with Crippen LogP contribution in [-0.4, -0.2) is 42.7 Å². The summed E-state index contributed by atoms with van der Waals surface area (Å²) >= 11 is 0. The second-order valence-electron chi connectivity index (χ2n) is 5.88. The first-order valence-corrected chi connectivity index (χ1v) is 7.88. The van der Waals surface area contributed by atoms with Crippen LogP contribution < -0.4 is 10.2 Å². The Morgan fingerprint density at radius 1 is 1.43 bits per heavy atom. The van der Waals surface area contributed by atoms with Gasteiger partial charge in [0.25, 0.3) is 5.91 Å². The molecule has 3 rings (SSSR count). The molecular formula is C16H23N3O2. The Hall–Kier alpha value is -1.62. The third-order valence-electron chi connectivity index (χ3n) is 4.32. The van der Waals surface area contributed by atoms with Crippen LogP contribution in [0.5, 0.6) is 0 Å². The van der Waals surface area contributed by atoms with E-state index >= 15 is 0 Å². The standard InChI is InChI=1S/C16H23N3O2/c1-12(14-7-5-11-21-14)18-16(20)13-6-4-8-17-15(13)19-9-2-3-10-19/h4,6,8,12,14H,2-3,5,7,9-11H2,1H3,(H,18,20)/t12-,14-/m0/s1. The zero-order valence-electron chi connectivity index (χ0n) is 12.5. The largest absolute Gasteiger partial charge is 0.376 e. The first kappa shape index (κ1) is 14.3. The zero-order valence-corrected chi connectivity index (χ0v) is 12.5. The third kappa shape index (κ3) is 3.18. The molecule has 1 aromatic heterocycles. The van der Waals surface area contributed by atoms with Crippen molar-refractivity contribution in [2.75, 3.05) is 24.6 Å². The number of carbonyl (C=O) groups excluding carboxylic acids is 1. The second kappa shape index (κ2) is 6.43. The molecule has 2 atom stereocenters. The van der Waals surface area contributed by atoms with Gasteiger partial charge in [-0.15, -0.1) is 0 Å². The van der Waals surface area contributed by atoms with E-state index in [2.05, 4.69) is 15.2 Å². The van der Waals surface area contributed by atoms with Crippen molar-refractivity contribution in [3.05, 3.63) is 23.9 Å². The fourth-order valence-electron chi connectivity index (χ4n) is 3.13. The number of aromatic nitrogens is 1. The molecule has 2 fully saturated rings. The molecule has 0 unspecified atom stereocenters. The van der Waals surface area contributed by atoms with Gasteiger partial charge in [-0.05, 0) is 44.7 Å². The normalized spacial score (nSPS) is 23.3. The zero-order chi connectivity index (χ0) is 14.7. The highest BCUT2D eigenvalue weighted by Gasteiger charge is 2.26. The predicted molar refractivity (Wildman–Crippen MR) is 81.6 cm³/mol. The molecule has 1 amide bonds. The summed E-state index contributed by atoms with van der Waals surface area (Å²) in [5, 5.41) is 3.07. The number of carbonyl (C=O) groups is 1. The van der Waals surface area contributed by atoms with Crippen LogP contribution in [0.4, 0.5) is 5.82 Å². The molecule has 3 heterocycles. The molecule has 2 aliphatic rings. The maximum atomic E-state index is 12.6.